The summed E-state index contributed by atoms with van der Waals surface area (Å²) in [6.45, 7) is 13.6. The fraction of sp³-hybridized carbons (Fsp3) is 0.647. The van der Waals surface area contributed by atoms with E-state index in [2.05, 4.69) is 13.2 Å². The van der Waals surface area contributed by atoms with E-state index in [1.54, 1.807) is 13.2 Å². The zero-order valence-electron chi connectivity index (χ0n) is 13.6. The molecule has 0 aliphatic rings. The monoisotopic (exact) mass is 298 g/mol. The minimum atomic E-state index is -0.607. The average molecular weight is 298 g/mol. The quantitative estimate of drug-likeness (QED) is 0.419. The molecule has 0 aliphatic heterocycles. The van der Waals surface area contributed by atoms with Crippen LogP contribution in [0.2, 0.25) is 0 Å². The van der Waals surface area contributed by atoms with E-state index in [0.717, 1.165) is 12.0 Å². The van der Waals surface area contributed by atoms with Gasteiger partial charge in [0.1, 0.15) is 6.10 Å². The summed E-state index contributed by atoms with van der Waals surface area (Å²) in [5, 5.41) is 10.1. The van der Waals surface area contributed by atoms with E-state index < -0.39 is 6.10 Å². The van der Waals surface area contributed by atoms with Gasteiger partial charge in [-0.2, -0.15) is 0 Å². The molecule has 0 fully saturated rings. The highest BCUT2D eigenvalue weighted by molar-refractivity contribution is 5.04. The Morgan fingerprint density at radius 1 is 1.19 bits per heavy atom. The Morgan fingerprint density at radius 2 is 1.86 bits per heavy atom. The van der Waals surface area contributed by atoms with Crippen molar-refractivity contribution in [2.75, 3.05) is 33.5 Å². The van der Waals surface area contributed by atoms with Gasteiger partial charge < -0.3 is 19.3 Å². The SMILES string of the molecule is C=CCCOCCOC/C(C)=C\[C@@H](C)[C@H](O)C(C=C)OC. The molecule has 0 heterocycles. The molecule has 0 aromatic heterocycles. The predicted molar refractivity (Wildman–Crippen MR) is 86.4 cm³/mol. The molecule has 0 aliphatic carbocycles. The first-order valence-corrected chi connectivity index (χ1v) is 7.33. The highest BCUT2D eigenvalue weighted by Crippen LogP contribution is 2.14. The van der Waals surface area contributed by atoms with Crippen molar-refractivity contribution in [1.29, 1.82) is 0 Å². The van der Waals surface area contributed by atoms with E-state index in [4.69, 9.17) is 14.2 Å². The summed E-state index contributed by atoms with van der Waals surface area (Å²) >= 11 is 0. The van der Waals surface area contributed by atoms with E-state index in [-0.39, 0.29) is 12.0 Å². The second kappa shape index (κ2) is 12.8. The van der Waals surface area contributed by atoms with Crippen molar-refractivity contribution in [1.82, 2.24) is 0 Å². The second-order valence-electron chi connectivity index (χ2n) is 5.04. The third-order valence-electron chi connectivity index (χ3n) is 3.10. The van der Waals surface area contributed by atoms with Crippen LogP contribution in [-0.2, 0) is 14.2 Å². The Kier molecular flexibility index (Phi) is 12.2. The van der Waals surface area contributed by atoms with E-state index in [0.29, 0.717) is 26.4 Å². The molecule has 0 saturated carbocycles. The van der Waals surface area contributed by atoms with Crippen molar-refractivity contribution in [2.45, 2.75) is 32.5 Å². The number of methoxy groups -OCH3 is 1. The lowest BCUT2D eigenvalue weighted by atomic mass is 9.97. The van der Waals surface area contributed by atoms with Crippen LogP contribution in [0, 0.1) is 5.92 Å². The topological polar surface area (TPSA) is 47.9 Å². The Labute approximate surface area is 129 Å². The molecule has 0 saturated heterocycles. The van der Waals surface area contributed by atoms with Crippen LogP contribution in [0.15, 0.2) is 37.0 Å². The molecule has 1 N–H and O–H groups in total. The van der Waals surface area contributed by atoms with E-state index in [1.165, 1.54) is 0 Å². The number of ether oxygens (including phenoxy) is 3. The van der Waals surface area contributed by atoms with Crippen LogP contribution in [-0.4, -0.2) is 50.9 Å². The minimum absolute atomic E-state index is 0.0274. The van der Waals surface area contributed by atoms with Crippen LogP contribution >= 0.6 is 0 Å². The van der Waals surface area contributed by atoms with Crippen LogP contribution in [0.4, 0.5) is 0 Å². The Morgan fingerprint density at radius 3 is 2.43 bits per heavy atom. The maximum Gasteiger partial charge on any atom is 0.101 e. The third-order valence-corrected chi connectivity index (χ3v) is 3.10. The lowest BCUT2D eigenvalue weighted by Crippen LogP contribution is -2.31. The second-order valence-corrected chi connectivity index (χ2v) is 5.04. The lowest BCUT2D eigenvalue weighted by molar-refractivity contribution is -0.00178. The van der Waals surface area contributed by atoms with E-state index >= 15 is 0 Å². The fourth-order valence-corrected chi connectivity index (χ4v) is 1.89. The standard InChI is InChI=1S/C17H30O4/c1-6-8-9-20-10-11-21-13-14(3)12-15(4)17(18)16(7-2)19-5/h6-7,12,15-18H,1-2,8-11,13H2,3-5H3/b14-12-/t15-,16?,17+/m1/s1. The first-order valence-electron chi connectivity index (χ1n) is 7.33. The Hall–Kier alpha value is -0.940. The molecule has 3 atom stereocenters. The highest BCUT2D eigenvalue weighted by atomic mass is 16.5. The van der Waals surface area contributed by atoms with Crippen molar-refractivity contribution in [3.63, 3.8) is 0 Å². The molecule has 0 amide bonds. The Bertz CT molecular complexity index is 312. The molecule has 0 bridgehead atoms. The zero-order valence-corrected chi connectivity index (χ0v) is 13.6. The maximum atomic E-state index is 10.1. The smallest absolute Gasteiger partial charge is 0.101 e. The molecule has 0 radical (unpaired) electrons. The fourth-order valence-electron chi connectivity index (χ4n) is 1.89. The van der Waals surface area contributed by atoms with Gasteiger partial charge in [0.25, 0.3) is 0 Å². The van der Waals surface area contributed by atoms with Crippen molar-refractivity contribution >= 4 is 0 Å². The molecule has 0 spiro atoms. The molecule has 0 aromatic rings. The molecule has 122 valence electrons. The van der Waals surface area contributed by atoms with E-state index in [1.807, 2.05) is 26.0 Å². The Balaban J connectivity index is 3.95. The molecule has 21 heavy (non-hydrogen) atoms. The molecule has 1 unspecified atom stereocenters. The summed E-state index contributed by atoms with van der Waals surface area (Å²) in [7, 11) is 1.56. The van der Waals surface area contributed by atoms with E-state index in [9.17, 15) is 5.11 Å². The first kappa shape index (κ1) is 20.1. The molecule has 0 aromatic carbocycles. The number of hydrogen-bond acceptors (Lipinski definition) is 4. The highest BCUT2D eigenvalue weighted by Gasteiger charge is 2.20. The summed E-state index contributed by atoms with van der Waals surface area (Å²) in [6, 6.07) is 0. The summed E-state index contributed by atoms with van der Waals surface area (Å²) < 4.78 is 16.0. The largest absolute Gasteiger partial charge is 0.389 e. The third kappa shape index (κ3) is 9.58. The van der Waals surface area contributed by atoms with Gasteiger partial charge in [0, 0.05) is 13.0 Å². The first-order chi connectivity index (χ1) is 10.1. The van der Waals surface area contributed by atoms with Crippen molar-refractivity contribution in [2.24, 2.45) is 5.92 Å². The summed E-state index contributed by atoms with van der Waals surface area (Å²) in [5.74, 6) is -0.0274. The van der Waals surface area contributed by atoms with Gasteiger partial charge in [0.2, 0.25) is 0 Å². The van der Waals surface area contributed by atoms with Crippen LogP contribution < -0.4 is 0 Å². The van der Waals surface area contributed by atoms with Crippen LogP contribution in [0.3, 0.4) is 0 Å². The zero-order chi connectivity index (χ0) is 16.1. The van der Waals surface area contributed by atoms with Crippen LogP contribution in [0.25, 0.3) is 0 Å². The van der Waals surface area contributed by atoms with Gasteiger partial charge in [0.15, 0.2) is 0 Å². The summed E-state index contributed by atoms with van der Waals surface area (Å²) in [6.07, 6.45) is 5.34. The average Bonchev–Trinajstić information content (AvgIpc) is 2.47. The summed E-state index contributed by atoms with van der Waals surface area (Å²) in [4.78, 5) is 0. The predicted octanol–water partition coefficient (Wildman–Crippen LogP) is 2.74. The lowest BCUT2D eigenvalue weighted by Gasteiger charge is -2.22. The van der Waals surface area contributed by atoms with Gasteiger partial charge in [-0.3, -0.25) is 0 Å². The number of hydrogen-bond donors (Lipinski definition) is 1. The summed E-state index contributed by atoms with van der Waals surface area (Å²) in [5.41, 5.74) is 1.08. The number of aliphatic hydroxyl groups is 1. The molecule has 4 heteroatoms. The van der Waals surface area contributed by atoms with Crippen LogP contribution in [0.5, 0.6) is 0 Å². The maximum absolute atomic E-state index is 10.1. The van der Waals surface area contributed by atoms with Crippen molar-refractivity contribution < 1.29 is 19.3 Å². The van der Waals surface area contributed by atoms with Gasteiger partial charge in [-0.1, -0.05) is 30.7 Å². The molecular weight excluding hydrogens is 268 g/mol. The van der Waals surface area contributed by atoms with Gasteiger partial charge in [-0.05, 0) is 13.3 Å². The minimum Gasteiger partial charge on any atom is -0.389 e. The molecular formula is C17H30O4. The normalized spacial score (nSPS) is 16.3. The molecule has 0 rings (SSSR count). The van der Waals surface area contributed by atoms with Crippen LogP contribution in [0.1, 0.15) is 20.3 Å². The van der Waals surface area contributed by atoms with Gasteiger partial charge in [-0.15, -0.1) is 13.2 Å². The number of rotatable bonds is 13. The van der Waals surface area contributed by atoms with Gasteiger partial charge in [-0.25, -0.2) is 0 Å². The number of aliphatic hydroxyl groups excluding tert-OH is 1. The van der Waals surface area contributed by atoms with Gasteiger partial charge in [0.05, 0.1) is 32.5 Å². The van der Waals surface area contributed by atoms with Crippen molar-refractivity contribution in [3.05, 3.63) is 37.0 Å². The van der Waals surface area contributed by atoms with Crippen molar-refractivity contribution in [3.8, 4) is 0 Å². The molecule has 4 nitrogen and oxygen atoms in total. The van der Waals surface area contributed by atoms with Gasteiger partial charge >= 0.3 is 0 Å².